The molecule has 1 fully saturated rings. The zero-order valence-electron chi connectivity index (χ0n) is 10.3. The molecule has 17 heavy (non-hydrogen) atoms. The van der Waals surface area contributed by atoms with Gasteiger partial charge in [0.15, 0.2) is 5.82 Å². The molecule has 0 aliphatic carbocycles. The molecule has 1 aromatic rings. The van der Waals surface area contributed by atoms with Gasteiger partial charge in [0.2, 0.25) is 0 Å². The van der Waals surface area contributed by atoms with Crippen LogP contribution in [-0.4, -0.2) is 27.8 Å². The van der Waals surface area contributed by atoms with E-state index in [1.807, 2.05) is 6.07 Å². The van der Waals surface area contributed by atoms with Gasteiger partial charge < -0.3 is 10.6 Å². The molecule has 1 aliphatic heterocycles. The highest BCUT2D eigenvalue weighted by molar-refractivity contribution is 7.80. The topological polar surface area (TPSA) is 55.0 Å². The summed E-state index contributed by atoms with van der Waals surface area (Å²) < 4.78 is 0. The summed E-state index contributed by atoms with van der Waals surface area (Å²) in [5.41, 5.74) is 6.57. The Kier molecular flexibility index (Phi) is 3.57. The average Bonchev–Trinajstić information content (AvgIpc) is 2.33. The number of aromatic nitrogens is 2. The fourth-order valence-electron chi connectivity index (χ4n) is 2.36. The Morgan fingerprint density at radius 3 is 3.00 bits per heavy atom. The normalized spacial score (nSPS) is 24.7. The van der Waals surface area contributed by atoms with Crippen molar-refractivity contribution in [3.63, 3.8) is 0 Å². The Balaban J connectivity index is 2.36. The van der Waals surface area contributed by atoms with Crippen LogP contribution in [-0.2, 0) is 0 Å². The predicted molar refractivity (Wildman–Crippen MR) is 73.1 cm³/mol. The van der Waals surface area contributed by atoms with Crippen molar-refractivity contribution in [2.24, 2.45) is 11.7 Å². The molecule has 2 unspecified atom stereocenters. The second kappa shape index (κ2) is 4.96. The van der Waals surface area contributed by atoms with Crippen molar-refractivity contribution in [2.45, 2.75) is 32.7 Å². The Bertz CT molecular complexity index is 421. The van der Waals surface area contributed by atoms with E-state index < -0.39 is 0 Å². The molecule has 0 amide bonds. The lowest BCUT2D eigenvalue weighted by atomic mass is 9.92. The Morgan fingerprint density at radius 1 is 1.53 bits per heavy atom. The van der Waals surface area contributed by atoms with Crippen molar-refractivity contribution in [1.29, 1.82) is 0 Å². The molecule has 0 saturated carbocycles. The molecule has 0 bridgehead atoms. The number of piperidine rings is 1. The lowest BCUT2D eigenvalue weighted by molar-refractivity contribution is 0.361. The summed E-state index contributed by atoms with van der Waals surface area (Å²) in [5.74, 6) is 1.49. The Morgan fingerprint density at radius 2 is 2.29 bits per heavy atom. The highest BCUT2D eigenvalue weighted by atomic mass is 32.1. The molecule has 0 aromatic carbocycles. The second-order valence-corrected chi connectivity index (χ2v) is 5.13. The number of anilines is 1. The van der Waals surface area contributed by atoms with E-state index in [4.69, 9.17) is 18.0 Å². The first-order valence-corrected chi connectivity index (χ1v) is 6.40. The number of nitrogens with zero attached hydrogens (tertiary/aromatic N) is 3. The predicted octanol–water partition coefficient (Wildman–Crippen LogP) is 1.74. The molecule has 1 aliphatic rings. The zero-order valence-corrected chi connectivity index (χ0v) is 11.1. The third-order valence-electron chi connectivity index (χ3n) is 3.61. The van der Waals surface area contributed by atoms with E-state index in [1.54, 1.807) is 6.20 Å². The second-order valence-electron chi connectivity index (χ2n) is 4.69. The monoisotopic (exact) mass is 250 g/mol. The van der Waals surface area contributed by atoms with E-state index in [9.17, 15) is 0 Å². The Labute approximate surface area is 107 Å². The van der Waals surface area contributed by atoms with Crippen LogP contribution in [0.2, 0.25) is 0 Å². The van der Waals surface area contributed by atoms with E-state index in [1.165, 1.54) is 12.8 Å². The molecule has 2 atom stereocenters. The molecule has 2 heterocycles. The zero-order chi connectivity index (χ0) is 12.4. The van der Waals surface area contributed by atoms with Gasteiger partial charge in [0, 0.05) is 12.6 Å². The van der Waals surface area contributed by atoms with Crippen LogP contribution in [0.3, 0.4) is 0 Å². The standard InChI is InChI=1S/C12H18N4S/c1-8-4-3-7-16(9(8)2)12-10(11(13)17)5-6-14-15-12/h5-6,8-9H,3-4,7H2,1-2H3,(H2,13,17). The molecule has 2 rings (SSSR count). The van der Waals surface area contributed by atoms with Gasteiger partial charge in [-0.15, -0.1) is 5.10 Å². The van der Waals surface area contributed by atoms with Gasteiger partial charge in [-0.3, -0.25) is 0 Å². The quantitative estimate of drug-likeness (QED) is 0.810. The lowest BCUT2D eigenvalue weighted by Crippen LogP contribution is -2.44. The van der Waals surface area contributed by atoms with E-state index >= 15 is 0 Å². The van der Waals surface area contributed by atoms with Gasteiger partial charge in [-0.1, -0.05) is 19.1 Å². The van der Waals surface area contributed by atoms with Crippen LogP contribution >= 0.6 is 12.2 Å². The van der Waals surface area contributed by atoms with Gasteiger partial charge in [-0.2, -0.15) is 5.10 Å². The van der Waals surface area contributed by atoms with E-state index in [0.717, 1.165) is 17.9 Å². The molecular formula is C12H18N4S. The fraction of sp³-hybridized carbons (Fsp3) is 0.583. The summed E-state index contributed by atoms with van der Waals surface area (Å²) in [6.07, 6.45) is 4.08. The van der Waals surface area contributed by atoms with Crippen LogP contribution in [0.25, 0.3) is 0 Å². The molecule has 1 aromatic heterocycles. The summed E-state index contributed by atoms with van der Waals surface area (Å²) >= 11 is 5.07. The van der Waals surface area contributed by atoms with Crippen LogP contribution < -0.4 is 10.6 Å². The van der Waals surface area contributed by atoms with Crippen molar-refractivity contribution < 1.29 is 0 Å². The maximum absolute atomic E-state index is 5.74. The summed E-state index contributed by atoms with van der Waals surface area (Å²) in [7, 11) is 0. The van der Waals surface area contributed by atoms with Crippen LogP contribution in [0.5, 0.6) is 0 Å². The number of nitrogens with two attached hydrogens (primary N) is 1. The first kappa shape index (κ1) is 12.2. The molecule has 1 saturated heterocycles. The molecule has 0 radical (unpaired) electrons. The molecule has 4 nitrogen and oxygen atoms in total. The van der Waals surface area contributed by atoms with Crippen molar-refractivity contribution in [2.75, 3.05) is 11.4 Å². The van der Waals surface area contributed by atoms with Crippen LogP contribution in [0.1, 0.15) is 32.3 Å². The molecule has 0 spiro atoms. The minimum Gasteiger partial charge on any atom is -0.389 e. The largest absolute Gasteiger partial charge is 0.389 e. The average molecular weight is 250 g/mol. The number of thiocarbonyl (C=S) groups is 1. The van der Waals surface area contributed by atoms with Gasteiger partial charge in [-0.05, 0) is 31.7 Å². The number of rotatable bonds is 2. The minimum atomic E-state index is 0.389. The van der Waals surface area contributed by atoms with Gasteiger partial charge >= 0.3 is 0 Å². The van der Waals surface area contributed by atoms with Crippen molar-refractivity contribution in [1.82, 2.24) is 10.2 Å². The lowest BCUT2D eigenvalue weighted by Gasteiger charge is -2.39. The molecule has 5 heteroatoms. The van der Waals surface area contributed by atoms with Crippen LogP contribution in [0.15, 0.2) is 12.3 Å². The molecule has 92 valence electrons. The Hall–Kier alpha value is -1.23. The SMILES string of the molecule is CC1CCCN(c2nnccc2C(N)=S)C1C. The first-order valence-electron chi connectivity index (χ1n) is 5.99. The first-order chi connectivity index (χ1) is 8.11. The van der Waals surface area contributed by atoms with E-state index in [2.05, 4.69) is 28.9 Å². The summed E-state index contributed by atoms with van der Waals surface area (Å²) in [6, 6.07) is 2.30. The summed E-state index contributed by atoms with van der Waals surface area (Å²) in [4.78, 5) is 2.66. The highest BCUT2D eigenvalue weighted by Gasteiger charge is 2.27. The third-order valence-corrected chi connectivity index (χ3v) is 3.83. The minimum absolute atomic E-state index is 0.389. The number of hydrogen-bond acceptors (Lipinski definition) is 4. The van der Waals surface area contributed by atoms with Crippen LogP contribution in [0, 0.1) is 5.92 Å². The van der Waals surface area contributed by atoms with E-state index in [-0.39, 0.29) is 0 Å². The van der Waals surface area contributed by atoms with E-state index in [0.29, 0.717) is 16.9 Å². The van der Waals surface area contributed by atoms with Gasteiger partial charge in [-0.25, -0.2) is 0 Å². The molecular weight excluding hydrogens is 232 g/mol. The van der Waals surface area contributed by atoms with Gasteiger partial charge in [0.25, 0.3) is 0 Å². The van der Waals surface area contributed by atoms with Gasteiger partial charge in [0.1, 0.15) is 4.99 Å². The van der Waals surface area contributed by atoms with Crippen molar-refractivity contribution in [3.05, 3.63) is 17.8 Å². The maximum Gasteiger partial charge on any atom is 0.161 e. The smallest absolute Gasteiger partial charge is 0.161 e. The van der Waals surface area contributed by atoms with Crippen molar-refractivity contribution >= 4 is 23.0 Å². The van der Waals surface area contributed by atoms with Crippen LogP contribution in [0.4, 0.5) is 5.82 Å². The fourth-order valence-corrected chi connectivity index (χ4v) is 2.52. The third kappa shape index (κ3) is 2.39. The van der Waals surface area contributed by atoms with Gasteiger partial charge in [0.05, 0.1) is 11.8 Å². The number of hydrogen-bond donors (Lipinski definition) is 1. The maximum atomic E-state index is 5.74. The summed E-state index contributed by atoms with van der Waals surface area (Å²) in [5, 5.41) is 8.17. The summed E-state index contributed by atoms with van der Waals surface area (Å²) in [6.45, 7) is 5.50. The molecule has 2 N–H and O–H groups in total. The highest BCUT2D eigenvalue weighted by Crippen LogP contribution is 2.28. The van der Waals surface area contributed by atoms with Crippen molar-refractivity contribution in [3.8, 4) is 0 Å².